The second kappa shape index (κ2) is 27.6. The fraction of sp³-hybridized carbons (Fsp3) is 0. The number of nitrogens with one attached hydrogen (secondary N) is 2. The van der Waals surface area contributed by atoms with Gasteiger partial charge in [0.15, 0.2) is 0 Å². The maximum absolute atomic E-state index is 5.49. The summed E-state index contributed by atoms with van der Waals surface area (Å²) in [4.78, 5) is 40.5. The quantitative estimate of drug-likeness (QED) is 0.0314. The normalized spacial score (nSPS) is 9.50. The molecule has 9 aromatic rings. The number of aromatic nitrogens is 23. The van der Waals surface area contributed by atoms with Crippen LogP contribution in [0.5, 0.6) is 0 Å². The molecular formula is C19H39Cl2I4N39O2. The number of hydrogen-bond acceptors (Lipinski definition) is 34. The molecule has 364 valence electrons. The molecule has 0 aliphatic heterocycles. The molecule has 9 rings (SSSR count). The van der Waals surface area contributed by atoms with Gasteiger partial charge in [0.2, 0.25) is 71.4 Å². The van der Waals surface area contributed by atoms with Gasteiger partial charge in [-0.1, -0.05) is 0 Å². The Morgan fingerprint density at radius 1 is 0.455 bits per heavy atom. The molecule has 0 atom stereocenters. The smallest absolute Gasteiger partial charge is 0.357 e. The molecule has 0 fully saturated rings. The van der Waals surface area contributed by atoms with Crippen molar-refractivity contribution in [3.63, 3.8) is 0 Å². The maximum atomic E-state index is 5.49. The molecule has 0 aromatic carbocycles. The molecule has 41 nitrogen and oxygen atoms in total. The monoisotopic (exact) mass is 1420 g/mol. The van der Waals surface area contributed by atoms with Gasteiger partial charge in [0.1, 0.15) is 0 Å². The molecule has 0 radical (unpaired) electrons. The molecule has 0 aliphatic rings. The van der Waals surface area contributed by atoms with Gasteiger partial charge in [-0.25, -0.2) is 19.0 Å². The molecule has 0 unspecified atom stereocenters. The minimum atomic E-state index is 0. The zero-order chi connectivity index (χ0) is 45.1. The number of halogens is 6. The van der Waals surface area contributed by atoms with Crippen molar-refractivity contribution in [1.82, 2.24) is 109 Å². The third-order valence-electron chi connectivity index (χ3n) is 6.21. The molecule has 66 heavy (non-hydrogen) atoms. The van der Waals surface area contributed by atoms with Crippen molar-refractivity contribution in [2.45, 2.75) is 0 Å². The van der Waals surface area contributed by atoms with Gasteiger partial charge in [0, 0.05) is 0 Å². The van der Waals surface area contributed by atoms with Crippen LogP contribution in [0.15, 0.2) is 0 Å². The van der Waals surface area contributed by atoms with Crippen LogP contribution in [-0.2, 0) is 0 Å². The van der Waals surface area contributed by atoms with E-state index in [0.29, 0.717) is 19.0 Å². The minimum absolute atomic E-state index is 0. The van der Waals surface area contributed by atoms with Gasteiger partial charge in [0.25, 0.3) is 35.2 Å². The Labute approximate surface area is 423 Å². The SMILES string of the molecule is Cl.Cl.I.I[I-]I.NNc1nc(N)nc(N)n1.Nc1nc(N)[n+]2c(N)[nH]nc2n1.Nc1nc(N)n2c(N)nnc2n1.Nc1nc(N)n2c(N)nnc2n1.Nc1nc(N)n2c(N)nnc2n1.O.O. The van der Waals surface area contributed by atoms with Crippen LogP contribution >= 0.6 is 86.0 Å². The number of hydrogen-bond donors (Lipinski definition) is 17. The molecule has 9 aromatic heterocycles. The minimum Gasteiger partial charge on any atom is -0.412 e. The number of aromatic amines is 1. The molecule has 0 bridgehead atoms. The summed E-state index contributed by atoms with van der Waals surface area (Å²) in [6.45, 7) is 0. The number of nitrogen functional groups attached to an aromatic ring is 15. The van der Waals surface area contributed by atoms with E-state index in [1.807, 2.05) is 0 Å². The molecule has 36 N–H and O–H groups in total. The topological polar surface area (TPSA) is 730 Å². The number of rotatable bonds is 1. The van der Waals surface area contributed by atoms with E-state index in [1.54, 1.807) is 0 Å². The predicted octanol–water partition coefficient (Wildman–Crippen LogP) is -10.6. The molecule has 0 spiro atoms. The molecular weight excluding hydrogens is 1390 g/mol. The van der Waals surface area contributed by atoms with Crippen LogP contribution in [0.1, 0.15) is 0 Å². The van der Waals surface area contributed by atoms with Gasteiger partial charge in [-0.2, -0.15) is 54.4 Å². The Bertz CT molecular complexity index is 2550. The van der Waals surface area contributed by atoms with Gasteiger partial charge in [-0.3, -0.25) is 5.43 Å². The first-order valence-electron chi connectivity index (χ1n) is 15.1. The van der Waals surface area contributed by atoms with Crippen molar-refractivity contribution in [3.8, 4) is 0 Å². The van der Waals surface area contributed by atoms with Gasteiger partial charge in [-0.05, 0) is 5.10 Å². The Kier molecular flexibility index (Phi) is 25.7. The Balaban J connectivity index is 0. The van der Waals surface area contributed by atoms with Crippen molar-refractivity contribution in [3.05, 3.63) is 0 Å². The largest absolute Gasteiger partial charge is 0.412 e. The summed E-state index contributed by atoms with van der Waals surface area (Å²) in [6, 6.07) is 0. The third-order valence-corrected chi connectivity index (χ3v) is 6.21. The molecule has 0 saturated heterocycles. The van der Waals surface area contributed by atoms with Gasteiger partial charge in [0.05, 0.1) is 0 Å². The first kappa shape index (κ1) is 61.4. The molecule has 0 saturated carbocycles. The van der Waals surface area contributed by atoms with Gasteiger partial charge in [-0.15, -0.1) is 89.4 Å². The predicted molar refractivity (Wildman–Crippen MR) is 268 cm³/mol. The van der Waals surface area contributed by atoms with Crippen molar-refractivity contribution < 1.29 is 28.6 Å². The number of H-pyrrole nitrogens is 1. The first-order chi connectivity index (χ1) is 28.9. The summed E-state index contributed by atoms with van der Waals surface area (Å²) in [7, 11) is 0. The van der Waals surface area contributed by atoms with E-state index in [4.69, 9.17) is 86.1 Å². The Hall–Kier alpha value is -6.69. The average Bonchev–Trinajstić information content (AvgIpc) is 3.95. The third kappa shape index (κ3) is 15.8. The summed E-state index contributed by atoms with van der Waals surface area (Å²) in [6.07, 6.45) is 0. The summed E-state index contributed by atoms with van der Waals surface area (Å²) in [5.74, 6) is 7.70. The average molecular weight is 1420 g/mol. The van der Waals surface area contributed by atoms with Crippen LogP contribution in [0, 0.1) is 0 Å². The number of nitrogens with two attached hydrogens (primary N) is 15. The van der Waals surface area contributed by atoms with Crippen LogP contribution in [0.4, 0.5) is 89.2 Å². The fourth-order valence-electron chi connectivity index (χ4n) is 4.01. The van der Waals surface area contributed by atoms with Crippen molar-refractivity contribution >= 4 is 198 Å². The van der Waals surface area contributed by atoms with E-state index in [0.717, 1.165) is 0 Å². The van der Waals surface area contributed by atoms with Gasteiger partial charge < -0.3 is 91.2 Å². The zero-order valence-electron chi connectivity index (χ0n) is 32.4. The summed E-state index contributed by atoms with van der Waals surface area (Å²) in [5.41, 5.74) is 77.5. The second-order valence-corrected chi connectivity index (χ2v) is 26.4. The summed E-state index contributed by atoms with van der Waals surface area (Å²) < 4.78 is 5.26. The number of fused-ring (bicyclic) bond motifs is 4. The molecule has 0 amide bonds. The standard InChI is InChI=1S/4C4H6N8.C3H7N7.2ClH.I3.HI.2H2O/c4*5-1-8-2(6)12-3(7)10-11-4(12)9-1;4-1-7-2(5)9-3(8-1)10-6;;;1-3-2;;;/h3*(H2,7,10)(H4,5,6,8,9,11);(H6,5,6,7,8,9,10,11);6H2,(H5,4,5,7,8,9,10);2*1H;;1H;2*1H2/q;;;;;;;-1;;;/p+1. The van der Waals surface area contributed by atoms with E-state index in [9.17, 15) is 0 Å². The molecule has 47 heteroatoms. The first-order valence-corrected chi connectivity index (χ1v) is 27.7. The van der Waals surface area contributed by atoms with E-state index in [1.165, 1.54) is 17.6 Å². The second-order valence-electron chi connectivity index (χ2n) is 10.2. The van der Waals surface area contributed by atoms with Crippen LogP contribution < -0.4 is 109 Å². The van der Waals surface area contributed by atoms with Crippen LogP contribution in [0.3, 0.4) is 0 Å². The maximum Gasteiger partial charge on any atom is 0.357 e. The van der Waals surface area contributed by atoms with Crippen LogP contribution in [-0.4, -0.2) is 120 Å². The van der Waals surface area contributed by atoms with Crippen LogP contribution in [0.25, 0.3) is 23.1 Å². The zero-order valence-corrected chi connectivity index (χ0v) is 42.8. The van der Waals surface area contributed by atoms with E-state index in [2.05, 4.69) is 138 Å². The van der Waals surface area contributed by atoms with Crippen molar-refractivity contribution in [1.29, 1.82) is 0 Å². The van der Waals surface area contributed by atoms with Crippen LogP contribution in [0.2, 0.25) is 0 Å². The summed E-state index contributed by atoms with van der Waals surface area (Å²) in [5, 5.41) is 27.7. The molecule has 9 heterocycles. The number of hydrazine groups is 1. The Morgan fingerprint density at radius 2 is 0.773 bits per heavy atom. The fourth-order valence-corrected chi connectivity index (χ4v) is 4.01. The summed E-state index contributed by atoms with van der Waals surface area (Å²) >= 11 is 5.30. The van der Waals surface area contributed by atoms with E-state index in [-0.39, 0.29) is 166 Å². The Morgan fingerprint density at radius 3 is 1.11 bits per heavy atom. The van der Waals surface area contributed by atoms with E-state index < -0.39 is 0 Å². The van der Waals surface area contributed by atoms with Crippen molar-refractivity contribution in [2.24, 2.45) is 5.84 Å². The molecule has 0 aliphatic carbocycles. The van der Waals surface area contributed by atoms with Gasteiger partial charge >= 0.3 is 56.3 Å². The number of anilines is 15. The van der Waals surface area contributed by atoms with Crippen molar-refractivity contribution in [2.75, 3.05) is 85.7 Å². The van der Waals surface area contributed by atoms with E-state index >= 15 is 0 Å². The number of nitrogens with zero attached hydrogens (tertiary/aromatic N) is 22.